The maximum atomic E-state index is 10.4. The summed E-state index contributed by atoms with van der Waals surface area (Å²) in [6, 6.07) is 3.76. The smallest absolute Gasteiger partial charge is 0.287 e. The van der Waals surface area contributed by atoms with Gasteiger partial charge in [-0.1, -0.05) is 0 Å². The monoisotopic (exact) mass is 239 g/mol. The van der Waals surface area contributed by atoms with Gasteiger partial charge in [-0.05, 0) is 25.5 Å². The molecule has 5 nitrogen and oxygen atoms in total. The van der Waals surface area contributed by atoms with Gasteiger partial charge in [0.2, 0.25) is 0 Å². The van der Waals surface area contributed by atoms with Crippen molar-refractivity contribution in [2.45, 2.75) is 23.9 Å². The van der Waals surface area contributed by atoms with Crippen LogP contribution < -0.4 is 5.32 Å². The lowest BCUT2D eigenvalue weighted by atomic mass is 10.3. The van der Waals surface area contributed by atoms with E-state index in [0.717, 1.165) is 17.3 Å². The second-order valence-electron chi connectivity index (χ2n) is 3.72. The van der Waals surface area contributed by atoms with Crippen molar-refractivity contribution < 1.29 is 4.92 Å². The summed E-state index contributed by atoms with van der Waals surface area (Å²) < 4.78 is 0. The minimum absolute atomic E-state index is 0.0448. The molecular weight excluding hydrogens is 226 g/mol. The molecular formula is C10H13N3O2S. The van der Waals surface area contributed by atoms with Crippen molar-refractivity contribution in [1.29, 1.82) is 0 Å². The molecule has 86 valence electrons. The molecule has 1 N–H and O–H groups in total. The summed E-state index contributed by atoms with van der Waals surface area (Å²) in [6.45, 7) is 1.10. The van der Waals surface area contributed by atoms with Crippen molar-refractivity contribution in [3.05, 3.63) is 28.4 Å². The summed E-state index contributed by atoms with van der Waals surface area (Å²) in [6.07, 6.45) is 3.75. The minimum Gasteiger partial charge on any atom is -0.313 e. The number of nitrogens with one attached hydrogen (secondary N) is 1. The first-order valence-electron chi connectivity index (χ1n) is 5.22. The Hall–Kier alpha value is -1.14. The van der Waals surface area contributed by atoms with Gasteiger partial charge in [0.15, 0.2) is 0 Å². The van der Waals surface area contributed by atoms with Crippen LogP contribution in [-0.4, -0.2) is 28.2 Å². The summed E-state index contributed by atoms with van der Waals surface area (Å²) in [5.74, 6) is 0.977. The Labute approximate surface area is 97.8 Å². The summed E-state index contributed by atoms with van der Waals surface area (Å²) in [4.78, 5) is 14.1. The number of thioether (sulfide) groups is 1. The van der Waals surface area contributed by atoms with E-state index >= 15 is 0 Å². The molecule has 0 saturated carbocycles. The number of nitrogens with zero attached hydrogens (tertiary/aromatic N) is 2. The molecule has 2 rings (SSSR count). The number of rotatable bonds is 4. The first-order chi connectivity index (χ1) is 7.75. The molecule has 0 amide bonds. The SMILES string of the molecule is O=[N+]([O-])c1ccc(SC[C@H]2CCCN2)nc1. The van der Waals surface area contributed by atoms with Crippen LogP contribution in [0, 0.1) is 10.1 Å². The highest BCUT2D eigenvalue weighted by atomic mass is 32.2. The van der Waals surface area contributed by atoms with Crippen molar-refractivity contribution in [3.8, 4) is 0 Å². The molecule has 0 unspecified atom stereocenters. The molecule has 0 aromatic carbocycles. The van der Waals surface area contributed by atoms with Gasteiger partial charge in [-0.15, -0.1) is 11.8 Å². The lowest BCUT2D eigenvalue weighted by Crippen LogP contribution is -2.23. The molecule has 0 aliphatic carbocycles. The lowest BCUT2D eigenvalue weighted by molar-refractivity contribution is -0.385. The van der Waals surface area contributed by atoms with E-state index < -0.39 is 4.92 Å². The van der Waals surface area contributed by atoms with Crippen LogP contribution in [0.3, 0.4) is 0 Å². The van der Waals surface area contributed by atoms with Gasteiger partial charge in [-0.25, -0.2) is 4.98 Å². The normalized spacial score (nSPS) is 19.9. The second kappa shape index (κ2) is 5.27. The van der Waals surface area contributed by atoms with Crippen LogP contribution in [0.15, 0.2) is 23.4 Å². The summed E-state index contributed by atoms with van der Waals surface area (Å²) in [5, 5.41) is 14.7. The molecule has 6 heteroatoms. The zero-order valence-corrected chi connectivity index (χ0v) is 9.57. The van der Waals surface area contributed by atoms with E-state index in [1.165, 1.54) is 25.1 Å². The van der Waals surface area contributed by atoms with Gasteiger partial charge in [0.25, 0.3) is 5.69 Å². The predicted molar refractivity (Wildman–Crippen MR) is 62.6 cm³/mol. The van der Waals surface area contributed by atoms with E-state index in [0.29, 0.717) is 6.04 Å². The Morgan fingerprint density at radius 2 is 2.50 bits per heavy atom. The van der Waals surface area contributed by atoms with E-state index in [-0.39, 0.29) is 5.69 Å². The van der Waals surface area contributed by atoms with Gasteiger partial charge >= 0.3 is 0 Å². The first kappa shape index (κ1) is 11.3. The average molecular weight is 239 g/mol. The topological polar surface area (TPSA) is 68.1 Å². The maximum absolute atomic E-state index is 10.4. The van der Waals surface area contributed by atoms with Gasteiger partial charge in [0, 0.05) is 17.9 Å². The Kier molecular flexibility index (Phi) is 3.74. The highest BCUT2D eigenvalue weighted by molar-refractivity contribution is 7.99. The van der Waals surface area contributed by atoms with Crippen molar-refractivity contribution in [2.24, 2.45) is 0 Å². The van der Waals surface area contributed by atoms with Gasteiger partial charge in [0.05, 0.1) is 9.95 Å². The molecule has 16 heavy (non-hydrogen) atoms. The molecule has 1 aromatic rings. The third-order valence-corrected chi connectivity index (χ3v) is 3.63. The van der Waals surface area contributed by atoms with Crippen molar-refractivity contribution in [2.75, 3.05) is 12.3 Å². The Morgan fingerprint density at radius 1 is 1.62 bits per heavy atom. The molecule has 1 atom stereocenters. The van der Waals surface area contributed by atoms with Crippen LogP contribution in [-0.2, 0) is 0 Å². The van der Waals surface area contributed by atoms with Crippen LogP contribution in [0.1, 0.15) is 12.8 Å². The molecule has 1 aliphatic heterocycles. The molecule has 0 spiro atoms. The van der Waals surface area contributed by atoms with Crippen molar-refractivity contribution >= 4 is 17.4 Å². The number of hydrogen-bond acceptors (Lipinski definition) is 5. The van der Waals surface area contributed by atoms with E-state index in [4.69, 9.17) is 0 Å². The first-order valence-corrected chi connectivity index (χ1v) is 6.21. The van der Waals surface area contributed by atoms with E-state index in [1.54, 1.807) is 17.8 Å². The molecule has 1 fully saturated rings. The summed E-state index contributed by atoms with van der Waals surface area (Å²) >= 11 is 1.64. The molecule has 0 radical (unpaired) electrons. The third kappa shape index (κ3) is 2.93. The largest absolute Gasteiger partial charge is 0.313 e. The summed E-state index contributed by atoms with van der Waals surface area (Å²) in [5.41, 5.74) is 0.0448. The van der Waals surface area contributed by atoms with Crippen LogP contribution in [0.25, 0.3) is 0 Å². The zero-order chi connectivity index (χ0) is 11.4. The van der Waals surface area contributed by atoms with Crippen LogP contribution in [0.2, 0.25) is 0 Å². The fourth-order valence-electron chi connectivity index (χ4n) is 1.65. The fraction of sp³-hybridized carbons (Fsp3) is 0.500. The highest BCUT2D eigenvalue weighted by Gasteiger charge is 2.14. The molecule has 1 aromatic heterocycles. The Balaban J connectivity index is 1.87. The van der Waals surface area contributed by atoms with Crippen LogP contribution >= 0.6 is 11.8 Å². The van der Waals surface area contributed by atoms with Crippen LogP contribution in [0.5, 0.6) is 0 Å². The van der Waals surface area contributed by atoms with Crippen molar-refractivity contribution in [1.82, 2.24) is 10.3 Å². The highest BCUT2D eigenvalue weighted by Crippen LogP contribution is 2.21. The lowest BCUT2D eigenvalue weighted by Gasteiger charge is -2.08. The Bertz CT molecular complexity index is 363. The van der Waals surface area contributed by atoms with Gasteiger partial charge in [-0.3, -0.25) is 10.1 Å². The molecule has 1 aliphatic rings. The third-order valence-electron chi connectivity index (χ3n) is 2.53. The number of nitro groups is 1. The number of pyridine rings is 1. The second-order valence-corrected chi connectivity index (χ2v) is 4.76. The number of aromatic nitrogens is 1. The maximum Gasteiger partial charge on any atom is 0.287 e. The molecule has 0 bridgehead atoms. The van der Waals surface area contributed by atoms with Gasteiger partial charge in [0.1, 0.15) is 6.20 Å². The van der Waals surface area contributed by atoms with Crippen LogP contribution in [0.4, 0.5) is 5.69 Å². The Morgan fingerprint density at radius 3 is 3.06 bits per heavy atom. The summed E-state index contributed by atoms with van der Waals surface area (Å²) in [7, 11) is 0. The van der Waals surface area contributed by atoms with Crippen molar-refractivity contribution in [3.63, 3.8) is 0 Å². The fourth-order valence-corrected chi connectivity index (χ4v) is 2.60. The van der Waals surface area contributed by atoms with E-state index in [1.807, 2.05) is 0 Å². The van der Waals surface area contributed by atoms with E-state index in [9.17, 15) is 10.1 Å². The predicted octanol–water partition coefficient (Wildman–Crippen LogP) is 1.83. The zero-order valence-electron chi connectivity index (χ0n) is 8.76. The molecule has 2 heterocycles. The van der Waals surface area contributed by atoms with Gasteiger partial charge < -0.3 is 5.32 Å². The average Bonchev–Trinajstić information content (AvgIpc) is 2.80. The number of hydrogen-bond donors (Lipinski definition) is 1. The standard InChI is InChI=1S/C10H13N3O2S/c14-13(15)9-3-4-10(12-6-9)16-7-8-2-1-5-11-8/h3-4,6,8,11H,1-2,5,7H2/t8-/m1/s1. The van der Waals surface area contributed by atoms with E-state index in [2.05, 4.69) is 10.3 Å². The molecule has 1 saturated heterocycles. The minimum atomic E-state index is -0.431. The quantitative estimate of drug-likeness (QED) is 0.493. The van der Waals surface area contributed by atoms with Gasteiger partial charge in [-0.2, -0.15) is 0 Å².